The minimum absolute atomic E-state index is 0.102. The highest BCUT2D eigenvalue weighted by atomic mass is 16.2. The number of aromatic nitrogens is 4. The Morgan fingerprint density at radius 2 is 2.12 bits per heavy atom. The van der Waals surface area contributed by atoms with Gasteiger partial charge in [0.05, 0.1) is 11.7 Å². The molecule has 1 N–H and O–H groups in total. The molecule has 0 aromatic carbocycles. The molecule has 1 atom stereocenters. The summed E-state index contributed by atoms with van der Waals surface area (Å²) < 4.78 is 3.73. The Hall–Kier alpha value is -3.09. The van der Waals surface area contributed by atoms with E-state index in [2.05, 4.69) is 26.0 Å². The van der Waals surface area contributed by atoms with E-state index >= 15 is 0 Å². The van der Waals surface area contributed by atoms with Gasteiger partial charge in [-0.25, -0.2) is 14.5 Å². The maximum Gasteiger partial charge on any atom is 0.322 e. The molecule has 0 radical (unpaired) electrons. The molecular weight excluding hydrogens is 316 g/mol. The molecule has 0 aliphatic carbocycles. The normalized spacial score (nSPS) is 17.0. The van der Waals surface area contributed by atoms with Crippen molar-refractivity contribution in [1.82, 2.24) is 24.2 Å². The van der Waals surface area contributed by atoms with Crippen LogP contribution in [0.25, 0.3) is 5.82 Å². The monoisotopic (exact) mass is 336 g/mol. The number of hydrogen-bond acceptors (Lipinski definition) is 3. The Balaban J connectivity index is 1.58. The number of aryl methyl sites for hydroxylation is 1. The van der Waals surface area contributed by atoms with E-state index in [1.807, 2.05) is 36.3 Å². The molecule has 0 bridgehead atoms. The molecule has 25 heavy (non-hydrogen) atoms. The number of carbonyl (C=O) groups excluding carboxylic acids is 1. The van der Waals surface area contributed by atoms with Crippen molar-refractivity contribution in [3.05, 3.63) is 60.8 Å². The second kappa shape index (κ2) is 6.43. The van der Waals surface area contributed by atoms with Gasteiger partial charge in [0.25, 0.3) is 0 Å². The number of anilines is 1. The Morgan fingerprint density at radius 3 is 2.88 bits per heavy atom. The topological polar surface area (TPSA) is 68.0 Å². The van der Waals surface area contributed by atoms with Gasteiger partial charge in [0.2, 0.25) is 0 Å². The highest BCUT2D eigenvalue weighted by Crippen LogP contribution is 2.32. The van der Waals surface area contributed by atoms with Crippen LogP contribution in [0.3, 0.4) is 0 Å². The maximum atomic E-state index is 12.9. The molecule has 4 rings (SSSR count). The van der Waals surface area contributed by atoms with Crippen molar-refractivity contribution in [1.29, 1.82) is 0 Å². The summed E-state index contributed by atoms with van der Waals surface area (Å²) in [5, 5.41) is 7.21. The summed E-state index contributed by atoms with van der Waals surface area (Å²) in [6.45, 7) is 0.749. The first-order valence-corrected chi connectivity index (χ1v) is 8.38. The van der Waals surface area contributed by atoms with Crippen LogP contribution in [0.4, 0.5) is 10.5 Å². The lowest BCUT2D eigenvalue weighted by Crippen LogP contribution is -2.35. The largest absolute Gasteiger partial charge is 0.353 e. The Labute approximate surface area is 145 Å². The molecule has 1 aliphatic rings. The van der Waals surface area contributed by atoms with E-state index in [1.54, 1.807) is 29.3 Å². The van der Waals surface area contributed by atoms with E-state index < -0.39 is 0 Å². The molecule has 3 aromatic rings. The third kappa shape index (κ3) is 2.88. The van der Waals surface area contributed by atoms with Gasteiger partial charge >= 0.3 is 6.03 Å². The lowest BCUT2D eigenvalue weighted by Gasteiger charge is -2.26. The van der Waals surface area contributed by atoms with Crippen molar-refractivity contribution in [3.63, 3.8) is 0 Å². The summed E-state index contributed by atoms with van der Waals surface area (Å²) in [6, 6.07) is 9.56. The summed E-state index contributed by atoms with van der Waals surface area (Å²) in [5.74, 6) is 0.607. The van der Waals surface area contributed by atoms with Crippen molar-refractivity contribution >= 4 is 11.7 Å². The van der Waals surface area contributed by atoms with Gasteiger partial charge in [0, 0.05) is 44.1 Å². The van der Waals surface area contributed by atoms with Gasteiger partial charge in [-0.2, -0.15) is 5.10 Å². The van der Waals surface area contributed by atoms with Crippen molar-refractivity contribution in [3.8, 4) is 5.82 Å². The Morgan fingerprint density at radius 1 is 1.20 bits per heavy atom. The number of nitrogens with one attached hydrogen (secondary N) is 1. The number of pyridine rings is 1. The third-order valence-corrected chi connectivity index (χ3v) is 4.59. The SMILES string of the molecule is Cn1cccc1[C@@H]1CCCN1C(=O)Nc1cccnc1-n1cccn1. The molecule has 0 unspecified atom stereocenters. The molecule has 128 valence electrons. The van der Waals surface area contributed by atoms with E-state index in [0.717, 1.165) is 25.1 Å². The van der Waals surface area contributed by atoms with Gasteiger partial charge in [-0.15, -0.1) is 0 Å². The first kappa shape index (κ1) is 15.4. The van der Waals surface area contributed by atoms with Gasteiger partial charge in [-0.05, 0) is 43.2 Å². The number of rotatable bonds is 3. The predicted octanol–water partition coefficient (Wildman–Crippen LogP) is 2.97. The van der Waals surface area contributed by atoms with Crippen LogP contribution in [-0.2, 0) is 7.05 Å². The fourth-order valence-electron chi connectivity index (χ4n) is 3.40. The quantitative estimate of drug-likeness (QED) is 0.799. The van der Waals surface area contributed by atoms with Gasteiger partial charge in [-0.1, -0.05) is 0 Å². The number of carbonyl (C=O) groups is 1. The average Bonchev–Trinajstić information content (AvgIpc) is 3.36. The van der Waals surface area contributed by atoms with Crippen LogP contribution >= 0.6 is 0 Å². The van der Waals surface area contributed by atoms with Gasteiger partial charge in [0.15, 0.2) is 5.82 Å². The zero-order chi connectivity index (χ0) is 17.2. The number of nitrogens with zero attached hydrogens (tertiary/aromatic N) is 5. The molecule has 0 spiro atoms. The summed E-state index contributed by atoms with van der Waals surface area (Å²) in [5.41, 5.74) is 1.81. The molecule has 0 saturated carbocycles. The first-order chi connectivity index (χ1) is 12.2. The predicted molar refractivity (Wildman–Crippen MR) is 94.5 cm³/mol. The minimum Gasteiger partial charge on any atom is -0.353 e. The molecule has 2 amide bonds. The number of hydrogen-bond donors (Lipinski definition) is 1. The summed E-state index contributed by atoms with van der Waals surface area (Å²) in [6.07, 6.45) is 9.18. The van der Waals surface area contributed by atoms with Crippen LogP contribution in [-0.4, -0.2) is 36.8 Å². The molecule has 3 aromatic heterocycles. The van der Waals surface area contributed by atoms with Crippen molar-refractivity contribution in [2.45, 2.75) is 18.9 Å². The number of likely N-dealkylation sites (tertiary alicyclic amines) is 1. The lowest BCUT2D eigenvalue weighted by molar-refractivity contribution is 0.205. The summed E-state index contributed by atoms with van der Waals surface area (Å²) in [4.78, 5) is 19.1. The fraction of sp³-hybridized carbons (Fsp3) is 0.278. The number of amides is 2. The second-order valence-electron chi connectivity index (χ2n) is 6.15. The molecule has 1 saturated heterocycles. The smallest absolute Gasteiger partial charge is 0.322 e. The fourth-order valence-corrected chi connectivity index (χ4v) is 3.40. The van der Waals surface area contributed by atoms with Crippen molar-refractivity contribution in [2.24, 2.45) is 7.05 Å². The van der Waals surface area contributed by atoms with Crippen LogP contribution in [0, 0.1) is 0 Å². The van der Waals surface area contributed by atoms with Crippen LogP contribution in [0.15, 0.2) is 55.1 Å². The molecule has 7 nitrogen and oxygen atoms in total. The third-order valence-electron chi connectivity index (χ3n) is 4.59. The van der Waals surface area contributed by atoms with Crippen molar-refractivity contribution < 1.29 is 4.79 Å². The van der Waals surface area contributed by atoms with E-state index in [-0.39, 0.29) is 12.1 Å². The van der Waals surface area contributed by atoms with Crippen LogP contribution in [0.2, 0.25) is 0 Å². The van der Waals surface area contributed by atoms with E-state index in [1.165, 1.54) is 0 Å². The van der Waals surface area contributed by atoms with Gasteiger partial charge in [0.1, 0.15) is 0 Å². The average molecular weight is 336 g/mol. The van der Waals surface area contributed by atoms with Crippen LogP contribution < -0.4 is 5.32 Å². The highest BCUT2D eigenvalue weighted by molar-refractivity contribution is 5.91. The molecule has 4 heterocycles. The van der Waals surface area contributed by atoms with E-state index in [4.69, 9.17) is 0 Å². The molecule has 1 fully saturated rings. The van der Waals surface area contributed by atoms with Crippen LogP contribution in [0.1, 0.15) is 24.6 Å². The first-order valence-electron chi connectivity index (χ1n) is 8.38. The summed E-state index contributed by atoms with van der Waals surface area (Å²) in [7, 11) is 2.01. The standard InChI is InChI=1S/C18H20N6O/c1-22-11-3-7-15(22)16-8-4-12-23(16)18(25)21-14-6-2-9-19-17(14)24-13-5-10-20-24/h2-3,5-7,9-11,13,16H,4,8,12H2,1H3,(H,21,25)/t16-/m0/s1. The van der Waals surface area contributed by atoms with Crippen molar-refractivity contribution in [2.75, 3.05) is 11.9 Å². The van der Waals surface area contributed by atoms with Crippen LogP contribution in [0.5, 0.6) is 0 Å². The number of urea groups is 1. The summed E-state index contributed by atoms with van der Waals surface area (Å²) >= 11 is 0. The Bertz CT molecular complexity index is 869. The lowest BCUT2D eigenvalue weighted by atomic mass is 10.1. The zero-order valence-corrected chi connectivity index (χ0v) is 14.0. The highest BCUT2D eigenvalue weighted by Gasteiger charge is 2.31. The second-order valence-corrected chi connectivity index (χ2v) is 6.15. The van der Waals surface area contributed by atoms with Gasteiger partial charge < -0.3 is 14.8 Å². The zero-order valence-electron chi connectivity index (χ0n) is 14.0. The maximum absolute atomic E-state index is 12.9. The molecular formula is C18H20N6O. The van der Waals surface area contributed by atoms with Gasteiger partial charge in [-0.3, -0.25) is 0 Å². The molecule has 7 heteroatoms. The van der Waals surface area contributed by atoms with E-state index in [9.17, 15) is 4.79 Å². The Kier molecular flexibility index (Phi) is 3.97. The van der Waals surface area contributed by atoms with E-state index in [0.29, 0.717) is 11.5 Å². The molecule has 1 aliphatic heterocycles. The minimum atomic E-state index is -0.106.